The van der Waals surface area contributed by atoms with E-state index >= 15 is 0 Å². The lowest BCUT2D eigenvalue weighted by atomic mass is 9.97. The van der Waals surface area contributed by atoms with Crippen LogP contribution in [0.1, 0.15) is 1.37 Å². The zero-order valence-electron chi connectivity index (χ0n) is 13.0. The van der Waals surface area contributed by atoms with Gasteiger partial charge in [0.1, 0.15) is 0 Å². The lowest BCUT2D eigenvalue weighted by Crippen LogP contribution is -1.80. The second kappa shape index (κ2) is 4.32. The van der Waals surface area contributed by atoms with Gasteiger partial charge in [0.05, 0.1) is 1.37 Å². The number of hydrogen-bond acceptors (Lipinski definition) is 0. The van der Waals surface area contributed by atoms with Gasteiger partial charge in [-0.25, -0.2) is 0 Å². The standard InChI is InChI=1S/C22H14/c1-2-6-16-10-20-14-22-12-18-8-4-3-7-17(18)11-21(22)13-19(20)9-15(16)5-1/h1-14H/i5D. The lowest BCUT2D eigenvalue weighted by molar-refractivity contribution is 1.78. The Balaban J connectivity index is 1.93. The average Bonchev–Trinajstić information content (AvgIpc) is 2.57. The van der Waals surface area contributed by atoms with E-state index in [9.17, 15) is 0 Å². The predicted molar refractivity (Wildman–Crippen MR) is 96.5 cm³/mol. The average molecular weight is 279 g/mol. The molecule has 0 nitrogen and oxygen atoms in total. The van der Waals surface area contributed by atoms with Crippen molar-refractivity contribution in [2.45, 2.75) is 0 Å². The molecule has 102 valence electrons. The minimum Gasteiger partial charge on any atom is -0.0616 e. The molecule has 0 aliphatic rings. The van der Waals surface area contributed by atoms with E-state index in [4.69, 9.17) is 1.37 Å². The molecule has 5 aromatic carbocycles. The van der Waals surface area contributed by atoms with E-state index in [2.05, 4.69) is 66.7 Å². The van der Waals surface area contributed by atoms with Crippen LogP contribution >= 0.6 is 0 Å². The summed E-state index contributed by atoms with van der Waals surface area (Å²) in [5, 5.41) is 9.61. The number of rotatable bonds is 0. The third-order valence-corrected chi connectivity index (χ3v) is 4.44. The second-order valence-electron chi connectivity index (χ2n) is 5.86. The minimum atomic E-state index is 0.586. The van der Waals surface area contributed by atoms with E-state index in [0.717, 1.165) is 10.8 Å². The molecule has 0 aliphatic carbocycles. The van der Waals surface area contributed by atoms with E-state index in [1.165, 1.54) is 32.3 Å². The van der Waals surface area contributed by atoms with Crippen molar-refractivity contribution in [1.29, 1.82) is 0 Å². The highest BCUT2D eigenvalue weighted by Crippen LogP contribution is 2.29. The van der Waals surface area contributed by atoms with E-state index in [0.29, 0.717) is 6.04 Å². The van der Waals surface area contributed by atoms with Gasteiger partial charge in [-0.05, 0) is 79.5 Å². The normalized spacial score (nSPS) is 12.3. The summed E-state index contributed by atoms with van der Waals surface area (Å²) in [5.74, 6) is 0. The first kappa shape index (κ1) is 10.8. The van der Waals surface area contributed by atoms with Crippen LogP contribution in [0.25, 0.3) is 43.1 Å². The summed E-state index contributed by atoms with van der Waals surface area (Å²) in [6, 6.07) is 28.3. The molecule has 0 aromatic heterocycles. The molecule has 0 fully saturated rings. The molecule has 0 saturated carbocycles. The van der Waals surface area contributed by atoms with E-state index in [1.807, 2.05) is 12.1 Å². The van der Waals surface area contributed by atoms with Crippen LogP contribution in [0.15, 0.2) is 84.9 Å². The van der Waals surface area contributed by atoms with Crippen molar-refractivity contribution in [1.82, 2.24) is 0 Å². The predicted octanol–water partition coefficient (Wildman–Crippen LogP) is 6.30. The van der Waals surface area contributed by atoms with Gasteiger partial charge in [-0.1, -0.05) is 48.5 Å². The van der Waals surface area contributed by atoms with Gasteiger partial charge in [0.25, 0.3) is 0 Å². The Morgan fingerprint density at radius 2 is 0.773 bits per heavy atom. The van der Waals surface area contributed by atoms with Crippen LogP contribution in [-0.4, -0.2) is 0 Å². The molecule has 0 radical (unpaired) electrons. The Labute approximate surface area is 130 Å². The van der Waals surface area contributed by atoms with Gasteiger partial charge in [-0.15, -0.1) is 0 Å². The Morgan fingerprint density at radius 3 is 1.32 bits per heavy atom. The van der Waals surface area contributed by atoms with E-state index in [-0.39, 0.29) is 0 Å². The van der Waals surface area contributed by atoms with Crippen molar-refractivity contribution >= 4 is 43.1 Å². The van der Waals surface area contributed by atoms with Gasteiger partial charge in [0.2, 0.25) is 0 Å². The third kappa shape index (κ3) is 1.71. The van der Waals surface area contributed by atoms with Crippen LogP contribution in [0.2, 0.25) is 0 Å². The molecule has 5 aromatic rings. The van der Waals surface area contributed by atoms with Crippen molar-refractivity contribution in [3.8, 4) is 0 Å². The van der Waals surface area contributed by atoms with Crippen molar-refractivity contribution in [3.63, 3.8) is 0 Å². The van der Waals surface area contributed by atoms with E-state index < -0.39 is 0 Å². The quantitative estimate of drug-likeness (QED) is 0.292. The van der Waals surface area contributed by atoms with Gasteiger partial charge in [-0.2, -0.15) is 0 Å². The molecule has 0 heteroatoms. The van der Waals surface area contributed by atoms with Gasteiger partial charge in [0, 0.05) is 0 Å². The molecule has 0 atom stereocenters. The van der Waals surface area contributed by atoms with Crippen molar-refractivity contribution in [2.75, 3.05) is 0 Å². The highest BCUT2D eigenvalue weighted by atomic mass is 14.1. The summed E-state index contributed by atoms with van der Waals surface area (Å²) >= 11 is 0. The summed E-state index contributed by atoms with van der Waals surface area (Å²) < 4.78 is 8.11. The number of benzene rings is 5. The van der Waals surface area contributed by atoms with Gasteiger partial charge >= 0.3 is 0 Å². The first-order chi connectivity index (χ1) is 11.3. The fraction of sp³-hybridized carbons (Fsp3) is 0. The van der Waals surface area contributed by atoms with Crippen LogP contribution in [-0.2, 0) is 0 Å². The van der Waals surface area contributed by atoms with Crippen LogP contribution in [0.4, 0.5) is 0 Å². The molecule has 0 heterocycles. The summed E-state index contributed by atoms with van der Waals surface area (Å²) in [4.78, 5) is 0. The molecule has 0 saturated heterocycles. The van der Waals surface area contributed by atoms with Gasteiger partial charge in [0.15, 0.2) is 0 Å². The zero-order valence-corrected chi connectivity index (χ0v) is 12.0. The third-order valence-electron chi connectivity index (χ3n) is 4.44. The minimum absolute atomic E-state index is 0.586. The highest BCUT2D eigenvalue weighted by Gasteiger charge is 2.02. The monoisotopic (exact) mass is 279 g/mol. The second-order valence-corrected chi connectivity index (χ2v) is 5.86. The van der Waals surface area contributed by atoms with Crippen LogP contribution < -0.4 is 0 Å². The van der Waals surface area contributed by atoms with Crippen LogP contribution in [0.5, 0.6) is 0 Å². The molecule has 0 aliphatic heterocycles. The van der Waals surface area contributed by atoms with Crippen molar-refractivity contribution in [2.24, 2.45) is 0 Å². The van der Waals surface area contributed by atoms with Crippen molar-refractivity contribution < 1.29 is 1.37 Å². The zero-order chi connectivity index (χ0) is 15.4. The van der Waals surface area contributed by atoms with Gasteiger partial charge < -0.3 is 0 Å². The first-order valence-corrected chi connectivity index (χ1v) is 7.54. The molecular formula is C22H14. The summed E-state index contributed by atoms with van der Waals surface area (Å²) in [6.45, 7) is 0. The van der Waals surface area contributed by atoms with Crippen LogP contribution in [0, 0.1) is 0 Å². The smallest absolute Gasteiger partial charge is 0.0616 e. The lowest BCUT2D eigenvalue weighted by Gasteiger charge is -2.07. The highest BCUT2D eigenvalue weighted by molar-refractivity contribution is 6.08. The summed E-state index contributed by atoms with van der Waals surface area (Å²) in [7, 11) is 0. The molecule has 0 bridgehead atoms. The summed E-state index contributed by atoms with van der Waals surface area (Å²) in [6.07, 6.45) is 0. The molecule has 0 unspecified atom stereocenters. The maximum Gasteiger partial charge on any atom is 0.0629 e. The number of fused-ring (bicyclic) bond motifs is 4. The fourth-order valence-electron chi connectivity index (χ4n) is 3.31. The summed E-state index contributed by atoms with van der Waals surface area (Å²) in [5.41, 5.74) is 0. The fourth-order valence-corrected chi connectivity index (χ4v) is 3.31. The molecule has 0 spiro atoms. The maximum absolute atomic E-state index is 8.11. The van der Waals surface area contributed by atoms with Crippen molar-refractivity contribution in [3.05, 3.63) is 84.9 Å². The molecule has 0 N–H and O–H groups in total. The largest absolute Gasteiger partial charge is 0.0629 e. The van der Waals surface area contributed by atoms with E-state index in [1.54, 1.807) is 0 Å². The topological polar surface area (TPSA) is 0 Å². The first-order valence-electron chi connectivity index (χ1n) is 8.04. The Morgan fingerprint density at radius 1 is 0.409 bits per heavy atom. The number of hydrogen-bond donors (Lipinski definition) is 0. The molecule has 0 amide bonds. The maximum atomic E-state index is 8.11. The SMILES string of the molecule is [2H]c1cccc2cc3cc4cc5ccccc5cc4cc3cc12. The molecular weight excluding hydrogens is 264 g/mol. The Bertz CT molecular complexity index is 1220. The van der Waals surface area contributed by atoms with Crippen LogP contribution in [0.3, 0.4) is 0 Å². The Kier molecular flexibility index (Phi) is 2.12. The Hall–Kier alpha value is -2.86. The molecule has 22 heavy (non-hydrogen) atoms. The molecule has 5 rings (SSSR count). The van der Waals surface area contributed by atoms with Gasteiger partial charge in [-0.3, -0.25) is 0 Å².